The highest BCUT2D eigenvalue weighted by Gasteiger charge is 2.25. The Labute approximate surface area is 176 Å². The van der Waals surface area contributed by atoms with Crippen molar-refractivity contribution in [1.82, 2.24) is 15.1 Å². The van der Waals surface area contributed by atoms with Crippen LogP contribution in [0, 0.1) is 10.1 Å². The maximum atomic E-state index is 13.0. The van der Waals surface area contributed by atoms with Crippen molar-refractivity contribution < 1.29 is 14.1 Å². The summed E-state index contributed by atoms with van der Waals surface area (Å²) < 4.78 is 5.67. The van der Waals surface area contributed by atoms with Crippen LogP contribution in [-0.2, 0) is 6.54 Å². The highest BCUT2D eigenvalue weighted by Crippen LogP contribution is 2.28. The molecule has 0 saturated heterocycles. The Hall–Kier alpha value is -2.97. The van der Waals surface area contributed by atoms with E-state index >= 15 is 0 Å². The highest BCUT2D eigenvalue weighted by molar-refractivity contribution is 6.34. The van der Waals surface area contributed by atoms with Crippen molar-refractivity contribution in [2.45, 2.75) is 26.4 Å². The molecule has 0 unspecified atom stereocenters. The van der Waals surface area contributed by atoms with E-state index in [0.29, 0.717) is 10.6 Å². The van der Waals surface area contributed by atoms with E-state index in [1.807, 2.05) is 0 Å². The van der Waals surface area contributed by atoms with Crippen LogP contribution in [0.1, 0.15) is 30.1 Å². The molecule has 8 nitrogen and oxygen atoms in total. The largest absolute Gasteiger partial charge is 0.419 e. The normalized spacial score (nSPS) is 10.9. The third kappa shape index (κ3) is 4.55. The third-order valence-electron chi connectivity index (χ3n) is 4.15. The molecule has 0 spiro atoms. The molecule has 1 aromatic heterocycles. The molecule has 0 N–H and O–H groups in total. The molecule has 1 amide bonds. The standard InChI is InChI=1S/C19H16Cl2N4O4/c1-11(2)24(19(26)14-9-12(25(27)28)7-8-16(14)21)10-17-22-23-18(29-17)13-5-3-4-6-15(13)20/h3-9,11H,10H2,1-2H3. The van der Waals surface area contributed by atoms with Crippen LogP contribution in [0.15, 0.2) is 46.9 Å². The molecule has 0 fully saturated rings. The topological polar surface area (TPSA) is 102 Å². The van der Waals surface area contributed by atoms with Crippen LogP contribution < -0.4 is 0 Å². The number of amides is 1. The lowest BCUT2D eigenvalue weighted by Crippen LogP contribution is -2.36. The van der Waals surface area contributed by atoms with Gasteiger partial charge in [-0.15, -0.1) is 10.2 Å². The summed E-state index contributed by atoms with van der Waals surface area (Å²) in [5.41, 5.74) is 0.387. The summed E-state index contributed by atoms with van der Waals surface area (Å²) in [6.45, 7) is 3.61. The first-order valence-electron chi connectivity index (χ1n) is 8.60. The van der Waals surface area contributed by atoms with E-state index in [0.717, 1.165) is 6.07 Å². The van der Waals surface area contributed by atoms with Gasteiger partial charge in [0, 0.05) is 18.2 Å². The second kappa shape index (κ2) is 8.59. The maximum absolute atomic E-state index is 13.0. The van der Waals surface area contributed by atoms with Gasteiger partial charge in [0.1, 0.15) is 0 Å². The lowest BCUT2D eigenvalue weighted by atomic mass is 10.1. The number of rotatable bonds is 6. The average Bonchev–Trinajstić information content (AvgIpc) is 3.14. The number of nitro benzene ring substituents is 1. The van der Waals surface area contributed by atoms with Crippen molar-refractivity contribution in [2.75, 3.05) is 0 Å². The summed E-state index contributed by atoms with van der Waals surface area (Å²) in [6, 6.07) is 10.5. The van der Waals surface area contributed by atoms with Crippen molar-refractivity contribution in [3.8, 4) is 11.5 Å². The minimum absolute atomic E-state index is 0.00692. The monoisotopic (exact) mass is 434 g/mol. The van der Waals surface area contributed by atoms with E-state index < -0.39 is 10.8 Å². The van der Waals surface area contributed by atoms with Gasteiger partial charge in [-0.1, -0.05) is 35.3 Å². The van der Waals surface area contributed by atoms with Crippen molar-refractivity contribution in [2.24, 2.45) is 0 Å². The summed E-state index contributed by atoms with van der Waals surface area (Å²) in [5.74, 6) is -0.0511. The Balaban J connectivity index is 1.88. The van der Waals surface area contributed by atoms with Crippen molar-refractivity contribution in [3.05, 3.63) is 74.1 Å². The van der Waals surface area contributed by atoms with Gasteiger partial charge in [0.15, 0.2) is 0 Å². The molecule has 2 aromatic carbocycles. The minimum atomic E-state index is -0.583. The van der Waals surface area contributed by atoms with E-state index in [9.17, 15) is 14.9 Å². The predicted octanol–water partition coefficient (Wildman–Crippen LogP) is 5.00. The summed E-state index contributed by atoms with van der Waals surface area (Å²) in [7, 11) is 0. The molecule has 0 atom stereocenters. The van der Waals surface area contributed by atoms with E-state index in [1.54, 1.807) is 38.1 Å². The first-order valence-corrected chi connectivity index (χ1v) is 9.35. The molecule has 1 heterocycles. The second-order valence-electron chi connectivity index (χ2n) is 6.43. The second-order valence-corrected chi connectivity index (χ2v) is 7.24. The molecule has 29 heavy (non-hydrogen) atoms. The summed E-state index contributed by atoms with van der Waals surface area (Å²) in [6.07, 6.45) is 0. The molecule has 3 rings (SSSR count). The van der Waals surface area contributed by atoms with Gasteiger partial charge in [0.2, 0.25) is 11.8 Å². The van der Waals surface area contributed by atoms with Crippen LogP contribution in [0.25, 0.3) is 11.5 Å². The molecule has 0 aliphatic rings. The van der Waals surface area contributed by atoms with Gasteiger partial charge in [0.25, 0.3) is 11.6 Å². The van der Waals surface area contributed by atoms with E-state index in [2.05, 4.69) is 10.2 Å². The van der Waals surface area contributed by atoms with Crippen molar-refractivity contribution in [1.29, 1.82) is 0 Å². The van der Waals surface area contributed by atoms with Crippen LogP contribution >= 0.6 is 23.2 Å². The zero-order valence-corrected chi connectivity index (χ0v) is 17.0. The molecule has 0 bridgehead atoms. The van der Waals surface area contributed by atoms with Gasteiger partial charge in [-0.05, 0) is 32.0 Å². The van der Waals surface area contributed by atoms with Crippen LogP contribution in [0.2, 0.25) is 10.0 Å². The Bertz CT molecular complexity index is 1070. The van der Waals surface area contributed by atoms with E-state index in [1.165, 1.54) is 17.0 Å². The number of hydrogen-bond acceptors (Lipinski definition) is 6. The lowest BCUT2D eigenvalue weighted by Gasteiger charge is -2.25. The Morgan fingerprint density at radius 2 is 1.90 bits per heavy atom. The van der Waals surface area contributed by atoms with E-state index in [4.69, 9.17) is 27.6 Å². The molecule has 3 aromatic rings. The SMILES string of the molecule is CC(C)N(Cc1nnc(-c2ccccc2Cl)o1)C(=O)c1cc([N+](=O)[O-])ccc1Cl. The molecular formula is C19H16Cl2N4O4. The number of aromatic nitrogens is 2. The molecule has 150 valence electrons. The van der Waals surface area contributed by atoms with Crippen LogP contribution in [0.4, 0.5) is 5.69 Å². The van der Waals surface area contributed by atoms with Gasteiger partial charge in [-0.3, -0.25) is 14.9 Å². The fourth-order valence-electron chi connectivity index (χ4n) is 2.64. The average molecular weight is 435 g/mol. The van der Waals surface area contributed by atoms with Crippen molar-refractivity contribution in [3.63, 3.8) is 0 Å². The van der Waals surface area contributed by atoms with Crippen LogP contribution in [0.5, 0.6) is 0 Å². The number of halogens is 2. The molecule has 0 radical (unpaired) electrons. The van der Waals surface area contributed by atoms with Gasteiger partial charge in [-0.2, -0.15) is 0 Å². The van der Waals surface area contributed by atoms with E-state index in [-0.39, 0.29) is 40.6 Å². The summed E-state index contributed by atoms with van der Waals surface area (Å²) in [4.78, 5) is 24.9. The lowest BCUT2D eigenvalue weighted by molar-refractivity contribution is -0.384. The number of nitrogens with zero attached hydrogens (tertiary/aromatic N) is 4. The zero-order valence-electron chi connectivity index (χ0n) is 15.5. The quantitative estimate of drug-likeness (QED) is 0.399. The Kier molecular flexibility index (Phi) is 6.14. The first kappa shape index (κ1) is 20.8. The number of carbonyl (C=O) groups excluding carboxylic acids is 1. The molecule has 0 aliphatic heterocycles. The molecule has 0 aliphatic carbocycles. The van der Waals surface area contributed by atoms with Gasteiger partial charge in [0.05, 0.1) is 32.6 Å². The summed E-state index contributed by atoms with van der Waals surface area (Å²) >= 11 is 12.3. The van der Waals surface area contributed by atoms with Gasteiger partial charge >= 0.3 is 0 Å². The minimum Gasteiger partial charge on any atom is -0.419 e. The number of nitro groups is 1. The van der Waals surface area contributed by atoms with Crippen LogP contribution in [0.3, 0.4) is 0 Å². The summed E-state index contributed by atoms with van der Waals surface area (Å²) in [5, 5.41) is 19.6. The first-order chi connectivity index (χ1) is 13.8. The number of hydrogen-bond donors (Lipinski definition) is 0. The highest BCUT2D eigenvalue weighted by atomic mass is 35.5. The number of non-ortho nitro benzene ring substituents is 1. The smallest absolute Gasteiger partial charge is 0.270 e. The molecular weight excluding hydrogens is 419 g/mol. The van der Waals surface area contributed by atoms with Gasteiger partial charge < -0.3 is 9.32 Å². The van der Waals surface area contributed by atoms with Crippen molar-refractivity contribution >= 4 is 34.8 Å². The Morgan fingerprint density at radius 1 is 1.17 bits per heavy atom. The zero-order chi connectivity index (χ0) is 21.1. The number of carbonyl (C=O) groups is 1. The third-order valence-corrected chi connectivity index (χ3v) is 4.81. The fraction of sp³-hybridized carbons (Fsp3) is 0.211. The van der Waals surface area contributed by atoms with Crippen LogP contribution in [-0.4, -0.2) is 32.0 Å². The molecule has 0 saturated carbocycles. The fourth-order valence-corrected chi connectivity index (χ4v) is 3.06. The van der Waals surface area contributed by atoms with Gasteiger partial charge in [-0.25, -0.2) is 0 Å². The predicted molar refractivity (Wildman–Crippen MR) is 108 cm³/mol. The molecule has 10 heteroatoms. The number of benzene rings is 2. The Morgan fingerprint density at radius 3 is 2.55 bits per heavy atom. The maximum Gasteiger partial charge on any atom is 0.270 e.